The minimum atomic E-state index is -0.188. The molecule has 162 valence electrons. The zero-order chi connectivity index (χ0) is 21.6. The molecule has 2 heterocycles. The Bertz CT molecular complexity index is 757. The highest BCUT2D eigenvalue weighted by Crippen LogP contribution is 2.14. The smallest absolute Gasteiger partial charge is 0.315 e. The number of urea groups is 2. The number of rotatable bonds is 11. The molecule has 0 aliphatic carbocycles. The summed E-state index contributed by atoms with van der Waals surface area (Å²) in [5.41, 5.74) is 1.92. The molecule has 0 bridgehead atoms. The molecule has 0 aliphatic heterocycles. The predicted molar refractivity (Wildman–Crippen MR) is 117 cm³/mol. The first-order chi connectivity index (χ1) is 14.6. The largest absolute Gasteiger partial charge is 0.338 e. The SMILES string of the molecule is CCC(CNC(=O)NCc1cccnc1)CC(C)CNC(=O)NCc1cccnc1. The number of carbonyl (C=O) groups excluding carboxylic acids is 2. The van der Waals surface area contributed by atoms with Crippen LogP contribution in [0.25, 0.3) is 0 Å². The molecule has 0 radical (unpaired) electrons. The van der Waals surface area contributed by atoms with Crippen molar-refractivity contribution in [1.29, 1.82) is 0 Å². The Balaban J connectivity index is 1.60. The number of carbonyl (C=O) groups is 2. The molecule has 2 atom stereocenters. The van der Waals surface area contributed by atoms with Gasteiger partial charge in [-0.3, -0.25) is 9.97 Å². The first-order valence-corrected chi connectivity index (χ1v) is 10.4. The van der Waals surface area contributed by atoms with Crippen molar-refractivity contribution in [2.75, 3.05) is 13.1 Å². The summed E-state index contributed by atoms with van der Waals surface area (Å²) in [6.07, 6.45) is 8.75. The zero-order valence-corrected chi connectivity index (χ0v) is 17.7. The normalized spacial score (nSPS) is 12.5. The Morgan fingerprint density at radius 3 is 1.87 bits per heavy atom. The molecule has 4 N–H and O–H groups in total. The highest BCUT2D eigenvalue weighted by Gasteiger charge is 2.14. The summed E-state index contributed by atoms with van der Waals surface area (Å²) in [7, 11) is 0. The Morgan fingerprint density at radius 2 is 1.40 bits per heavy atom. The van der Waals surface area contributed by atoms with Crippen molar-refractivity contribution in [3.8, 4) is 0 Å². The fraction of sp³-hybridized carbons (Fsp3) is 0.455. The van der Waals surface area contributed by atoms with E-state index in [2.05, 4.69) is 45.1 Å². The standard InChI is InChI=1S/C22H32N6O2/c1-3-18(14-26-22(30)28-16-20-7-5-9-24-13-20)10-17(2)11-25-21(29)27-15-19-6-4-8-23-12-19/h4-9,12-13,17-18H,3,10-11,14-16H2,1-2H3,(H2,25,27,29)(H2,26,28,30). The highest BCUT2D eigenvalue weighted by atomic mass is 16.2. The molecule has 0 saturated carbocycles. The van der Waals surface area contributed by atoms with E-state index < -0.39 is 0 Å². The molecule has 4 amide bonds. The van der Waals surface area contributed by atoms with Gasteiger partial charge in [0, 0.05) is 51.0 Å². The minimum Gasteiger partial charge on any atom is -0.338 e. The average Bonchev–Trinajstić information content (AvgIpc) is 2.79. The number of hydrogen-bond donors (Lipinski definition) is 4. The lowest BCUT2D eigenvalue weighted by molar-refractivity contribution is 0.235. The fourth-order valence-electron chi connectivity index (χ4n) is 3.05. The van der Waals surface area contributed by atoms with E-state index in [1.54, 1.807) is 24.8 Å². The van der Waals surface area contributed by atoms with Gasteiger partial charge < -0.3 is 21.3 Å². The minimum absolute atomic E-state index is 0.183. The lowest BCUT2D eigenvalue weighted by Gasteiger charge is -2.21. The van der Waals surface area contributed by atoms with Crippen molar-refractivity contribution >= 4 is 12.1 Å². The van der Waals surface area contributed by atoms with Crippen molar-refractivity contribution in [2.24, 2.45) is 11.8 Å². The van der Waals surface area contributed by atoms with Gasteiger partial charge in [0.1, 0.15) is 0 Å². The van der Waals surface area contributed by atoms with Crippen LogP contribution in [0.2, 0.25) is 0 Å². The Labute approximate surface area is 178 Å². The van der Waals surface area contributed by atoms with Crippen molar-refractivity contribution in [3.63, 3.8) is 0 Å². The molecule has 30 heavy (non-hydrogen) atoms. The number of aromatic nitrogens is 2. The summed E-state index contributed by atoms with van der Waals surface area (Å²) >= 11 is 0. The maximum Gasteiger partial charge on any atom is 0.315 e. The fourth-order valence-corrected chi connectivity index (χ4v) is 3.05. The van der Waals surface area contributed by atoms with Crippen LogP contribution in [0.5, 0.6) is 0 Å². The number of nitrogens with one attached hydrogen (secondary N) is 4. The number of nitrogens with zero attached hydrogens (tertiary/aromatic N) is 2. The van der Waals surface area contributed by atoms with Crippen molar-refractivity contribution in [1.82, 2.24) is 31.2 Å². The molecular weight excluding hydrogens is 380 g/mol. The highest BCUT2D eigenvalue weighted by molar-refractivity contribution is 5.74. The lowest BCUT2D eigenvalue weighted by atomic mass is 9.93. The molecule has 8 heteroatoms. The second-order valence-corrected chi connectivity index (χ2v) is 7.46. The van der Waals surface area contributed by atoms with Crippen LogP contribution in [0.15, 0.2) is 49.1 Å². The third-order valence-corrected chi connectivity index (χ3v) is 4.83. The van der Waals surface area contributed by atoms with Crippen LogP contribution in [0, 0.1) is 11.8 Å². The lowest BCUT2D eigenvalue weighted by Crippen LogP contribution is -2.39. The van der Waals surface area contributed by atoms with Gasteiger partial charge in [-0.2, -0.15) is 0 Å². The van der Waals surface area contributed by atoms with Gasteiger partial charge in [-0.05, 0) is 41.5 Å². The van der Waals surface area contributed by atoms with Crippen LogP contribution in [-0.2, 0) is 13.1 Å². The van der Waals surface area contributed by atoms with E-state index in [-0.39, 0.29) is 12.1 Å². The summed E-state index contributed by atoms with van der Waals surface area (Å²) < 4.78 is 0. The van der Waals surface area contributed by atoms with E-state index >= 15 is 0 Å². The molecular formula is C22H32N6O2. The van der Waals surface area contributed by atoms with Gasteiger partial charge in [-0.15, -0.1) is 0 Å². The summed E-state index contributed by atoms with van der Waals surface area (Å²) in [5, 5.41) is 11.5. The van der Waals surface area contributed by atoms with E-state index in [1.165, 1.54) is 0 Å². The van der Waals surface area contributed by atoms with Crippen molar-refractivity contribution in [2.45, 2.75) is 39.8 Å². The van der Waals surface area contributed by atoms with Crippen LogP contribution in [-0.4, -0.2) is 35.1 Å². The van der Waals surface area contributed by atoms with Crippen LogP contribution in [0.4, 0.5) is 9.59 Å². The third-order valence-electron chi connectivity index (χ3n) is 4.83. The number of amides is 4. The van der Waals surface area contributed by atoms with Gasteiger partial charge in [0.2, 0.25) is 0 Å². The summed E-state index contributed by atoms with van der Waals surface area (Å²) in [4.78, 5) is 32.0. The second kappa shape index (κ2) is 13.1. The van der Waals surface area contributed by atoms with Gasteiger partial charge in [-0.25, -0.2) is 9.59 Å². The Hall–Kier alpha value is -3.16. The van der Waals surface area contributed by atoms with E-state index in [1.807, 2.05) is 24.3 Å². The van der Waals surface area contributed by atoms with Crippen molar-refractivity contribution < 1.29 is 9.59 Å². The van der Waals surface area contributed by atoms with Crippen molar-refractivity contribution in [3.05, 3.63) is 60.2 Å². The van der Waals surface area contributed by atoms with Crippen LogP contribution in [0.1, 0.15) is 37.8 Å². The molecule has 0 aliphatic rings. The Morgan fingerprint density at radius 1 is 0.867 bits per heavy atom. The zero-order valence-electron chi connectivity index (χ0n) is 17.7. The topological polar surface area (TPSA) is 108 Å². The van der Waals surface area contributed by atoms with Crippen LogP contribution < -0.4 is 21.3 Å². The number of hydrogen-bond acceptors (Lipinski definition) is 4. The molecule has 2 aromatic heterocycles. The summed E-state index contributed by atoms with van der Waals surface area (Å²) in [5.74, 6) is 0.656. The summed E-state index contributed by atoms with van der Waals surface area (Å²) in [6, 6.07) is 7.15. The molecule has 2 unspecified atom stereocenters. The van der Waals surface area contributed by atoms with E-state index in [4.69, 9.17) is 0 Å². The maximum absolute atomic E-state index is 12.0. The summed E-state index contributed by atoms with van der Waals surface area (Å²) in [6.45, 7) is 6.30. The predicted octanol–water partition coefficient (Wildman–Crippen LogP) is 2.83. The van der Waals surface area contributed by atoms with E-state index in [9.17, 15) is 9.59 Å². The van der Waals surface area contributed by atoms with Gasteiger partial charge in [-0.1, -0.05) is 32.4 Å². The molecule has 2 rings (SSSR count). The second-order valence-electron chi connectivity index (χ2n) is 7.46. The van der Waals surface area contributed by atoms with E-state index in [0.29, 0.717) is 38.0 Å². The number of pyridine rings is 2. The average molecular weight is 413 g/mol. The molecule has 2 aromatic rings. The van der Waals surface area contributed by atoms with Crippen LogP contribution in [0.3, 0.4) is 0 Å². The van der Waals surface area contributed by atoms with Gasteiger partial charge in [0.15, 0.2) is 0 Å². The van der Waals surface area contributed by atoms with Crippen LogP contribution >= 0.6 is 0 Å². The first-order valence-electron chi connectivity index (χ1n) is 10.4. The van der Waals surface area contributed by atoms with Gasteiger partial charge >= 0.3 is 12.1 Å². The van der Waals surface area contributed by atoms with Gasteiger partial charge in [0.05, 0.1) is 0 Å². The Kier molecular flexibility index (Phi) is 10.1. The van der Waals surface area contributed by atoms with Gasteiger partial charge in [0.25, 0.3) is 0 Å². The van der Waals surface area contributed by atoms with E-state index in [0.717, 1.165) is 24.0 Å². The molecule has 0 aromatic carbocycles. The maximum atomic E-state index is 12.0. The first kappa shape index (κ1) is 23.1. The molecule has 8 nitrogen and oxygen atoms in total. The molecule has 0 saturated heterocycles. The quantitative estimate of drug-likeness (QED) is 0.455. The third kappa shape index (κ3) is 9.36. The monoisotopic (exact) mass is 412 g/mol. The molecule has 0 fully saturated rings. The molecule has 0 spiro atoms.